The van der Waals surface area contributed by atoms with Crippen LogP contribution in [0.3, 0.4) is 0 Å². The van der Waals surface area contributed by atoms with Crippen molar-refractivity contribution in [2.75, 3.05) is 0 Å². The molecular weight excluding hydrogens is 334 g/mol. The third-order valence-electron chi connectivity index (χ3n) is 4.81. The van der Waals surface area contributed by atoms with Crippen molar-refractivity contribution < 1.29 is 19.4 Å². The van der Waals surface area contributed by atoms with Gasteiger partial charge in [-0.1, -0.05) is 19.3 Å². The molecule has 4 rings (SSSR count). The Labute approximate surface area is 149 Å². The predicted molar refractivity (Wildman–Crippen MR) is 94.8 cm³/mol. The highest BCUT2D eigenvalue weighted by Crippen LogP contribution is 2.29. The molecule has 7 nitrogen and oxygen atoms in total. The van der Waals surface area contributed by atoms with Gasteiger partial charge in [0.2, 0.25) is 11.7 Å². The van der Waals surface area contributed by atoms with E-state index in [4.69, 9.17) is 4.74 Å². The van der Waals surface area contributed by atoms with E-state index in [1.165, 1.54) is 6.42 Å². The number of fused-ring (bicyclic) bond motifs is 1. The lowest BCUT2D eigenvalue weighted by Gasteiger charge is -2.23. The van der Waals surface area contributed by atoms with Crippen LogP contribution in [0.25, 0.3) is 17.1 Å². The number of carbonyl (C=O) groups excluding carboxylic acids is 1. The fraction of sp³-hybridized carbons (Fsp3) is 0.316. The van der Waals surface area contributed by atoms with Crippen molar-refractivity contribution in [2.24, 2.45) is 0 Å². The number of aliphatic carboxylic acids is 1. The van der Waals surface area contributed by atoms with Crippen LogP contribution in [0, 0.1) is 0 Å². The van der Waals surface area contributed by atoms with E-state index >= 15 is 0 Å². The molecule has 26 heavy (non-hydrogen) atoms. The predicted octanol–water partition coefficient (Wildman–Crippen LogP) is 2.72. The molecule has 0 aromatic carbocycles. The van der Waals surface area contributed by atoms with Crippen molar-refractivity contribution >= 4 is 28.9 Å². The highest BCUT2D eigenvalue weighted by atomic mass is 16.5. The monoisotopic (exact) mass is 353 g/mol. The zero-order valence-corrected chi connectivity index (χ0v) is 14.1. The van der Waals surface area contributed by atoms with Crippen molar-refractivity contribution in [1.29, 1.82) is 0 Å². The van der Waals surface area contributed by atoms with Crippen molar-refractivity contribution in [1.82, 2.24) is 15.3 Å². The molecule has 0 amide bonds. The number of carboxylic acids is 1. The van der Waals surface area contributed by atoms with Crippen LogP contribution >= 0.6 is 0 Å². The smallest absolute Gasteiger partial charge is 0.345 e. The number of ketones is 1. The SMILES string of the molecule is O=C(O)C1=C(NC2CCCCC2)OC(=Cc2c[nH]c3ncccc23)C1=O. The Morgan fingerprint density at radius 1 is 1.35 bits per heavy atom. The molecule has 0 atom stereocenters. The lowest BCUT2D eigenvalue weighted by Crippen LogP contribution is -2.31. The number of hydrogen-bond donors (Lipinski definition) is 3. The van der Waals surface area contributed by atoms with E-state index in [0.29, 0.717) is 5.65 Å². The van der Waals surface area contributed by atoms with Gasteiger partial charge in [0.1, 0.15) is 5.65 Å². The number of H-pyrrole nitrogens is 1. The first-order valence-corrected chi connectivity index (χ1v) is 8.74. The quantitative estimate of drug-likeness (QED) is 0.577. The zero-order chi connectivity index (χ0) is 18.1. The van der Waals surface area contributed by atoms with E-state index in [0.717, 1.165) is 36.6 Å². The maximum Gasteiger partial charge on any atom is 0.345 e. The van der Waals surface area contributed by atoms with Gasteiger partial charge in [-0.25, -0.2) is 9.78 Å². The highest BCUT2D eigenvalue weighted by Gasteiger charge is 2.36. The lowest BCUT2D eigenvalue weighted by atomic mass is 9.95. The van der Waals surface area contributed by atoms with E-state index in [1.807, 2.05) is 6.07 Å². The summed E-state index contributed by atoms with van der Waals surface area (Å²) in [5.41, 5.74) is 1.08. The fourth-order valence-corrected chi connectivity index (χ4v) is 3.49. The molecule has 0 saturated heterocycles. The first kappa shape index (κ1) is 16.4. The van der Waals surface area contributed by atoms with Crippen LogP contribution in [0.15, 0.2) is 41.7 Å². The minimum atomic E-state index is -1.28. The number of allylic oxidation sites excluding steroid dienone is 1. The normalized spacial score (nSPS) is 20.0. The maximum atomic E-state index is 12.6. The second-order valence-electron chi connectivity index (χ2n) is 6.57. The molecular formula is C19H19N3O4. The molecule has 1 saturated carbocycles. The number of Topliss-reactive ketones (excluding diaryl/α,β-unsaturated/α-hetero) is 1. The van der Waals surface area contributed by atoms with E-state index in [2.05, 4.69) is 15.3 Å². The number of hydrogen-bond acceptors (Lipinski definition) is 5. The van der Waals surface area contributed by atoms with Crippen molar-refractivity contribution in [3.63, 3.8) is 0 Å². The number of aromatic nitrogens is 2. The average molecular weight is 353 g/mol. The number of nitrogens with zero attached hydrogens (tertiary/aromatic N) is 1. The van der Waals surface area contributed by atoms with Crippen molar-refractivity contribution in [3.05, 3.63) is 47.3 Å². The molecule has 7 heteroatoms. The standard InChI is InChI=1S/C19H19N3O4/c23-16-14(9-11-10-21-17-13(11)7-4-8-20-17)26-18(15(16)19(24)25)22-12-5-2-1-3-6-12/h4,7-10,12,22H,1-3,5-6H2,(H,20,21)(H,24,25). The maximum absolute atomic E-state index is 12.6. The van der Waals surface area contributed by atoms with E-state index in [-0.39, 0.29) is 23.3 Å². The Hall–Kier alpha value is -3.09. The molecule has 2 aromatic heterocycles. The van der Waals surface area contributed by atoms with Crippen LogP contribution in [-0.4, -0.2) is 32.9 Å². The van der Waals surface area contributed by atoms with Gasteiger partial charge in [0.05, 0.1) is 0 Å². The molecule has 0 bridgehead atoms. The first-order chi connectivity index (χ1) is 12.6. The molecule has 3 N–H and O–H groups in total. The van der Waals surface area contributed by atoms with Crippen LogP contribution in [0.5, 0.6) is 0 Å². The summed E-state index contributed by atoms with van der Waals surface area (Å²) < 4.78 is 5.64. The van der Waals surface area contributed by atoms with Crippen LogP contribution in [0.2, 0.25) is 0 Å². The summed E-state index contributed by atoms with van der Waals surface area (Å²) in [7, 11) is 0. The number of ether oxygens (including phenoxy) is 1. The number of pyridine rings is 1. The Bertz CT molecular complexity index is 935. The Balaban J connectivity index is 1.63. The van der Waals surface area contributed by atoms with Crippen molar-refractivity contribution in [3.8, 4) is 0 Å². The summed E-state index contributed by atoms with van der Waals surface area (Å²) in [4.78, 5) is 31.4. The number of nitrogens with one attached hydrogen (secondary N) is 2. The fourth-order valence-electron chi connectivity index (χ4n) is 3.49. The third kappa shape index (κ3) is 2.96. The third-order valence-corrected chi connectivity index (χ3v) is 4.81. The molecule has 2 aliphatic rings. The minimum Gasteiger partial charge on any atom is -0.477 e. The Morgan fingerprint density at radius 3 is 2.92 bits per heavy atom. The topological polar surface area (TPSA) is 104 Å². The number of rotatable bonds is 4. The van der Waals surface area contributed by atoms with Gasteiger partial charge in [-0.3, -0.25) is 4.79 Å². The molecule has 3 heterocycles. The zero-order valence-electron chi connectivity index (χ0n) is 14.1. The Kier molecular flexibility index (Phi) is 4.20. The van der Waals surface area contributed by atoms with Gasteiger partial charge < -0.3 is 20.1 Å². The van der Waals surface area contributed by atoms with Crippen LogP contribution in [0.4, 0.5) is 0 Å². The molecule has 0 radical (unpaired) electrons. The van der Waals surface area contributed by atoms with E-state index in [9.17, 15) is 14.7 Å². The minimum absolute atomic E-state index is 0.00506. The average Bonchev–Trinajstić information content (AvgIpc) is 3.18. The van der Waals surface area contributed by atoms with Gasteiger partial charge in [-0.2, -0.15) is 0 Å². The molecule has 0 unspecified atom stereocenters. The molecule has 1 aliphatic carbocycles. The van der Waals surface area contributed by atoms with Gasteiger partial charge in [-0.05, 0) is 31.1 Å². The summed E-state index contributed by atoms with van der Waals surface area (Å²) in [5.74, 6) is -1.84. The molecule has 2 aromatic rings. The van der Waals surface area contributed by atoms with Gasteiger partial charge in [0.15, 0.2) is 11.3 Å². The lowest BCUT2D eigenvalue weighted by molar-refractivity contribution is -0.134. The summed E-state index contributed by atoms with van der Waals surface area (Å²) in [6.07, 6.45) is 10.2. The molecule has 134 valence electrons. The van der Waals surface area contributed by atoms with E-state index < -0.39 is 11.8 Å². The Morgan fingerprint density at radius 2 is 2.15 bits per heavy atom. The summed E-state index contributed by atoms with van der Waals surface area (Å²) >= 11 is 0. The van der Waals surface area contributed by atoms with Crippen LogP contribution in [-0.2, 0) is 14.3 Å². The molecule has 0 spiro atoms. The summed E-state index contributed by atoms with van der Waals surface area (Å²) in [6, 6.07) is 3.81. The summed E-state index contributed by atoms with van der Waals surface area (Å²) in [6.45, 7) is 0. The molecule has 1 aliphatic heterocycles. The van der Waals surface area contributed by atoms with Crippen molar-refractivity contribution in [2.45, 2.75) is 38.1 Å². The highest BCUT2D eigenvalue weighted by molar-refractivity contribution is 6.26. The first-order valence-electron chi connectivity index (χ1n) is 8.74. The van der Waals surface area contributed by atoms with Crippen LogP contribution < -0.4 is 5.32 Å². The summed E-state index contributed by atoms with van der Waals surface area (Å²) in [5, 5.41) is 13.4. The van der Waals surface area contributed by atoms with Crippen LogP contribution in [0.1, 0.15) is 37.7 Å². The van der Waals surface area contributed by atoms with E-state index in [1.54, 1.807) is 24.5 Å². The number of carbonyl (C=O) groups is 2. The van der Waals surface area contributed by atoms with Gasteiger partial charge in [-0.15, -0.1) is 0 Å². The van der Waals surface area contributed by atoms with Gasteiger partial charge in [0, 0.05) is 29.4 Å². The number of aromatic amines is 1. The second-order valence-corrected chi connectivity index (χ2v) is 6.57. The molecule has 1 fully saturated rings. The number of carboxylic acid groups (broad SMARTS) is 1. The van der Waals surface area contributed by atoms with Gasteiger partial charge in [0.25, 0.3) is 0 Å². The largest absolute Gasteiger partial charge is 0.477 e. The second kappa shape index (κ2) is 6.67. The van der Waals surface area contributed by atoms with Gasteiger partial charge >= 0.3 is 5.97 Å².